The Morgan fingerprint density at radius 3 is 2.31 bits per heavy atom. The molecular formula is C22H24N2O2. The fraction of sp³-hybridized carbons (Fsp3) is 0.227. The Morgan fingerprint density at radius 2 is 1.62 bits per heavy atom. The molecule has 0 amide bonds. The number of nitrogens with two attached hydrogens (primary N) is 1. The van der Waals surface area contributed by atoms with Gasteiger partial charge >= 0.3 is 0 Å². The SMILES string of the molecule is Cc1c(OCc2ccccc2CN)cc(C)n(Cc2ccccc2)c1=O. The van der Waals surface area contributed by atoms with Crippen LogP contribution in [0.4, 0.5) is 0 Å². The van der Waals surface area contributed by atoms with Gasteiger partial charge in [-0.2, -0.15) is 0 Å². The summed E-state index contributed by atoms with van der Waals surface area (Å²) in [6.07, 6.45) is 0. The second-order valence-electron chi connectivity index (χ2n) is 6.41. The van der Waals surface area contributed by atoms with Crippen LogP contribution < -0.4 is 16.0 Å². The first-order chi connectivity index (χ1) is 12.6. The highest BCUT2D eigenvalue weighted by Gasteiger charge is 2.12. The molecule has 0 spiro atoms. The van der Waals surface area contributed by atoms with Crippen LogP contribution in [0.2, 0.25) is 0 Å². The standard InChI is InChI=1S/C22H24N2O2/c1-16-12-21(26-15-20-11-7-6-10-19(20)13-23)17(2)22(25)24(16)14-18-8-4-3-5-9-18/h3-12H,13-15,23H2,1-2H3. The summed E-state index contributed by atoms with van der Waals surface area (Å²) < 4.78 is 7.75. The van der Waals surface area contributed by atoms with Crippen LogP contribution in [0.1, 0.15) is 27.9 Å². The van der Waals surface area contributed by atoms with E-state index >= 15 is 0 Å². The lowest BCUT2D eigenvalue weighted by molar-refractivity contribution is 0.301. The number of aromatic nitrogens is 1. The van der Waals surface area contributed by atoms with Crippen LogP contribution in [0, 0.1) is 13.8 Å². The van der Waals surface area contributed by atoms with E-state index in [1.807, 2.05) is 74.5 Å². The van der Waals surface area contributed by atoms with Crippen LogP contribution in [-0.2, 0) is 19.7 Å². The van der Waals surface area contributed by atoms with E-state index in [9.17, 15) is 4.79 Å². The van der Waals surface area contributed by atoms with Crippen molar-refractivity contribution in [1.29, 1.82) is 0 Å². The summed E-state index contributed by atoms with van der Waals surface area (Å²) in [5.74, 6) is 0.628. The van der Waals surface area contributed by atoms with Crippen molar-refractivity contribution in [2.24, 2.45) is 5.73 Å². The fourth-order valence-corrected chi connectivity index (χ4v) is 3.01. The van der Waals surface area contributed by atoms with Crippen molar-refractivity contribution in [2.45, 2.75) is 33.5 Å². The fourth-order valence-electron chi connectivity index (χ4n) is 3.01. The molecule has 3 rings (SSSR count). The van der Waals surface area contributed by atoms with Crippen molar-refractivity contribution < 1.29 is 4.74 Å². The van der Waals surface area contributed by atoms with E-state index in [1.54, 1.807) is 4.57 Å². The molecule has 0 saturated carbocycles. The monoisotopic (exact) mass is 348 g/mol. The van der Waals surface area contributed by atoms with Crippen molar-refractivity contribution in [1.82, 2.24) is 4.57 Å². The molecule has 0 aliphatic rings. The van der Waals surface area contributed by atoms with Gasteiger partial charge < -0.3 is 15.0 Å². The van der Waals surface area contributed by atoms with Crippen molar-refractivity contribution in [3.8, 4) is 5.75 Å². The van der Waals surface area contributed by atoms with Gasteiger partial charge in [0.05, 0.1) is 12.1 Å². The van der Waals surface area contributed by atoms with E-state index < -0.39 is 0 Å². The number of aryl methyl sites for hydroxylation is 1. The van der Waals surface area contributed by atoms with Crippen LogP contribution in [0.15, 0.2) is 65.5 Å². The van der Waals surface area contributed by atoms with Crippen molar-refractivity contribution in [3.05, 3.63) is 99.0 Å². The van der Waals surface area contributed by atoms with E-state index in [1.165, 1.54) is 0 Å². The first-order valence-corrected chi connectivity index (χ1v) is 8.74. The Hall–Kier alpha value is -2.85. The molecule has 26 heavy (non-hydrogen) atoms. The minimum absolute atomic E-state index is 0.0176. The topological polar surface area (TPSA) is 57.2 Å². The van der Waals surface area contributed by atoms with E-state index in [4.69, 9.17) is 10.5 Å². The summed E-state index contributed by atoms with van der Waals surface area (Å²) in [6.45, 7) is 5.17. The molecule has 3 aromatic rings. The molecule has 0 aliphatic heterocycles. The Bertz CT molecular complexity index is 946. The highest BCUT2D eigenvalue weighted by atomic mass is 16.5. The number of hydrogen-bond acceptors (Lipinski definition) is 3. The van der Waals surface area contributed by atoms with E-state index in [2.05, 4.69) is 0 Å². The maximum atomic E-state index is 12.8. The van der Waals surface area contributed by atoms with Gasteiger partial charge in [-0.15, -0.1) is 0 Å². The van der Waals surface area contributed by atoms with Gasteiger partial charge in [0.15, 0.2) is 0 Å². The Labute approximate surface area is 153 Å². The summed E-state index contributed by atoms with van der Waals surface area (Å²) >= 11 is 0. The Balaban J connectivity index is 1.84. The van der Waals surface area contributed by atoms with Crippen molar-refractivity contribution in [2.75, 3.05) is 0 Å². The Kier molecular flexibility index (Phi) is 5.54. The summed E-state index contributed by atoms with van der Waals surface area (Å²) in [4.78, 5) is 12.8. The molecule has 0 saturated heterocycles. The van der Waals surface area contributed by atoms with Crippen molar-refractivity contribution >= 4 is 0 Å². The molecule has 0 bridgehead atoms. The zero-order chi connectivity index (χ0) is 18.5. The molecule has 0 radical (unpaired) electrons. The molecule has 2 N–H and O–H groups in total. The van der Waals surface area contributed by atoms with Gasteiger partial charge in [0, 0.05) is 12.2 Å². The van der Waals surface area contributed by atoms with E-state index in [0.29, 0.717) is 31.0 Å². The maximum absolute atomic E-state index is 12.8. The minimum atomic E-state index is -0.0176. The van der Waals surface area contributed by atoms with Gasteiger partial charge in [0.1, 0.15) is 12.4 Å². The van der Waals surface area contributed by atoms with Gasteiger partial charge in [-0.1, -0.05) is 54.6 Å². The molecule has 0 unspecified atom stereocenters. The lowest BCUT2D eigenvalue weighted by atomic mass is 10.1. The molecule has 1 heterocycles. The number of hydrogen-bond donors (Lipinski definition) is 1. The van der Waals surface area contributed by atoms with Crippen LogP contribution >= 0.6 is 0 Å². The number of ether oxygens (including phenoxy) is 1. The molecule has 1 aromatic heterocycles. The minimum Gasteiger partial charge on any atom is -0.488 e. The van der Waals surface area contributed by atoms with Crippen molar-refractivity contribution in [3.63, 3.8) is 0 Å². The molecule has 0 aliphatic carbocycles. The summed E-state index contributed by atoms with van der Waals surface area (Å²) in [5.41, 5.74) is 10.5. The first-order valence-electron chi connectivity index (χ1n) is 8.74. The predicted molar refractivity (Wildman–Crippen MR) is 104 cm³/mol. The van der Waals surface area contributed by atoms with Gasteiger partial charge in [-0.05, 0) is 36.6 Å². The molecule has 4 nitrogen and oxygen atoms in total. The molecule has 2 aromatic carbocycles. The lowest BCUT2D eigenvalue weighted by Crippen LogP contribution is -2.25. The third-order valence-corrected chi connectivity index (χ3v) is 4.61. The molecule has 0 fully saturated rings. The molecule has 134 valence electrons. The van der Waals surface area contributed by atoms with Crippen LogP contribution in [0.5, 0.6) is 5.75 Å². The van der Waals surface area contributed by atoms with Crippen LogP contribution in [0.25, 0.3) is 0 Å². The average Bonchev–Trinajstić information content (AvgIpc) is 2.68. The number of benzene rings is 2. The third kappa shape index (κ3) is 3.86. The highest BCUT2D eigenvalue weighted by Crippen LogP contribution is 2.19. The van der Waals surface area contributed by atoms with Gasteiger partial charge in [-0.25, -0.2) is 0 Å². The third-order valence-electron chi connectivity index (χ3n) is 4.61. The van der Waals surface area contributed by atoms with E-state index in [-0.39, 0.29) is 5.56 Å². The number of rotatable bonds is 6. The van der Waals surface area contributed by atoms with E-state index in [0.717, 1.165) is 22.4 Å². The quantitative estimate of drug-likeness (QED) is 0.741. The first kappa shape index (κ1) is 18.0. The zero-order valence-electron chi connectivity index (χ0n) is 15.2. The molecule has 0 atom stereocenters. The zero-order valence-corrected chi connectivity index (χ0v) is 15.2. The van der Waals surface area contributed by atoms with Crippen LogP contribution in [0.3, 0.4) is 0 Å². The summed E-state index contributed by atoms with van der Waals surface area (Å²) in [6, 6.07) is 19.8. The Morgan fingerprint density at radius 1 is 0.962 bits per heavy atom. The lowest BCUT2D eigenvalue weighted by Gasteiger charge is -2.16. The largest absolute Gasteiger partial charge is 0.488 e. The average molecular weight is 348 g/mol. The maximum Gasteiger partial charge on any atom is 0.257 e. The second-order valence-corrected chi connectivity index (χ2v) is 6.41. The second kappa shape index (κ2) is 8.02. The number of nitrogens with zero attached hydrogens (tertiary/aromatic N) is 1. The number of pyridine rings is 1. The predicted octanol–water partition coefficient (Wildman–Crippen LogP) is 3.55. The molecular weight excluding hydrogens is 324 g/mol. The summed E-state index contributed by atoms with van der Waals surface area (Å²) in [5, 5.41) is 0. The highest BCUT2D eigenvalue weighted by molar-refractivity contribution is 5.34. The normalized spacial score (nSPS) is 10.7. The summed E-state index contributed by atoms with van der Waals surface area (Å²) in [7, 11) is 0. The molecule has 4 heteroatoms. The van der Waals surface area contributed by atoms with Gasteiger partial charge in [0.25, 0.3) is 5.56 Å². The van der Waals surface area contributed by atoms with Crippen LogP contribution in [-0.4, -0.2) is 4.57 Å². The smallest absolute Gasteiger partial charge is 0.257 e. The van der Waals surface area contributed by atoms with Gasteiger partial charge in [0.2, 0.25) is 0 Å². The van der Waals surface area contributed by atoms with Gasteiger partial charge in [-0.3, -0.25) is 4.79 Å².